The van der Waals surface area contributed by atoms with Gasteiger partial charge in [-0.1, -0.05) is 24.3 Å². The van der Waals surface area contributed by atoms with Crippen molar-refractivity contribution >= 4 is 32.7 Å². The molecule has 0 saturated carbocycles. The zero-order chi connectivity index (χ0) is 11.7. The molecule has 0 aliphatic heterocycles. The van der Waals surface area contributed by atoms with Crippen molar-refractivity contribution < 1.29 is 14.6 Å². The van der Waals surface area contributed by atoms with Gasteiger partial charge in [-0.05, 0) is 27.4 Å². The molecule has 82 valence electrons. The van der Waals surface area contributed by atoms with Crippen LogP contribution in [0.1, 0.15) is 10.4 Å². The lowest BCUT2D eigenvalue weighted by atomic mass is 10.0. The number of carbonyl (C=O) groups is 1. The summed E-state index contributed by atoms with van der Waals surface area (Å²) in [6, 6.07) is 9.16. The Morgan fingerprint density at radius 1 is 1.38 bits per heavy atom. The van der Waals surface area contributed by atoms with Crippen LogP contribution in [0.3, 0.4) is 0 Å². The third-order valence-corrected chi connectivity index (χ3v) is 2.96. The van der Waals surface area contributed by atoms with Crippen LogP contribution in [0.2, 0.25) is 0 Å². The van der Waals surface area contributed by atoms with Gasteiger partial charge in [-0.2, -0.15) is 0 Å². The second-order valence-electron chi connectivity index (χ2n) is 3.29. The molecule has 0 aliphatic carbocycles. The van der Waals surface area contributed by atoms with E-state index in [-0.39, 0.29) is 5.56 Å². The average Bonchev–Trinajstić information content (AvgIpc) is 2.26. The number of carboxylic acids is 1. The van der Waals surface area contributed by atoms with Crippen LogP contribution in [0, 0.1) is 0 Å². The first-order chi connectivity index (χ1) is 7.65. The Morgan fingerprint density at radius 3 is 2.69 bits per heavy atom. The summed E-state index contributed by atoms with van der Waals surface area (Å²) in [7, 11) is 1.46. The number of halogens is 1. The highest BCUT2D eigenvalue weighted by molar-refractivity contribution is 9.10. The summed E-state index contributed by atoms with van der Waals surface area (Å²) in [6.07, 6.45) is 0. The molecule has 0 aliphatic rings. The molecule has 0 aromatic heterocycles. The number of carboxylic acid groups (broad SMARTS) is 1. The van der Waals surface area contributed by atoms with E-state index in [4.69, 9.17) is 4.74 Å². The number of ether oxygens (including phenoxy) is 1. The minimum absolute atomic E-state index is 0.187. The summed E-state index contributed by atoms with van der Waals surface area (Å²) >= 11 is 3.31. The van der Waals surface area contributed by atoms with Crippen LogP contribution in [0.4, 0.5) is 0 Å². The van der Waals surface area contributed by atoms with Gasteiger partial charge in [0.15, 0.2) is 0 Å². The van der Waals surface area contributed by atoms with Gasteiger partial charge in [0.1, 0.15) is 11.3 Å². The van der Waals surface area contributed by atoms with Crippen LogP contribution in [0.25, 0.3) is 10.8 Å². The van der Waals surface area contributed by atoms with Crippen LogP contribution < -0.4 is 4.74 Å². The van der Waals surface area contributed by atoms with Crippen LogP contribution in [-0.4, -0.2) is 18.2 Å². The summed E-state index contributed by atoms with van der Waals surface area (Å²) in [5.74, 6) is -0.638. The SMILES string of the molecule is COc1c(Br)cc2ccccc2c1C(=O)O. The van der Waals surface area contributed by atoms with E-state index in [1.54, 1.807) is 6.07 Å². The van der Waals surface area contributed by atoms with E-state index in [0.717, 1.165) is 5.39 Å². The maximum Gasteiger partial charge on any atom is 0.340 e. The molecule has 0 heterocycles. The molecule has 0 spiro atoms. The van der Waals surface area contributed by atoms with Gasteiger partial charge in [-0.15, -0.1) is 0 Å². The number of hydrogen-bond donors (Lipinski definition) is 1. The van der Waals surface area contributed by atoms with Crippen molar-refractivity contribution in [3.8, 4) is 5.75 Å². The number of hydrogen-bond acceptors (Lipinski definition) is 2. The lowest BCUT2D eigenvalue weighted by molar-refractivity contribution is 0.0695. The van der Waals surface area contributed by atoms with Crippen molar-refractivity contribution in [3.05, 3.63) is 40.4 Å². The van der Waals surface area contributed by atoms with Crippen molar-refractivity contribution in [2.75, 3.05) is 7.11 Å². The van der Waals surface area contributed by atoms with Crippen LogP contribution in [0.5, 0.6) is 5.75 Å². The minimum Gasteiger partial charge on any atom is -0.495 e. The molecule has 2 aromatic rings. The van der Waals surface area contributed by atoms with Gasteiger partial charge in [0.05, 0.1) is 11.6 Å². The molecule has 0 saturated heterocycles. The fraction of sp³-hybridized carbons (Fsp3) is 0.0833. The Balaban J connectivity index is 2.93. The van der Waals surface area contributed by atoms with Crippen molar-refractivity contribution in [2.24, 2.45) is 0 Å². The summed E-state index contributed by atoms with van der Waals surface area (Å²) in [4.78, 5) is 11.2. The van der Waals surface area contributed by atoms with Crippen molar-refractivity contribution in [3.63, 3.8) is 0 Å². The van der Waals surface area contributed by atoms with Gasteiger partial charge in [-0.3, -0.25) is 0 Å². The minimum atomic E-state index is -0.991. The monoisotopic (exact) mass is 280 g/mol. The summed E-state index contributed by atoms with van der Waals surface area (Å²) in [5.41, 5.74) is 0.187. The Labute approximate surface area is 101 Å². The smallest absolute Gasteiger partial charge is 0.340 e. The third-order valence-electron chi connectivity index (χ3n) is 2.37. The first kappa shape index (κ1) is 11.0. The van der Waals surface area contributed by atoms with Gasteiger partial charge in [0, 0.05) is 5.39 Å². The summed E-state index contributed by atoms with van der Waals surface area (Å²) in [6.45, 7) is 0. The molecule has 0 atom stereocenters. The van der Waals surface area contributed by atoms with E-state index >= 15 is 0 Å². The fourth-order valence-electron chi connectivity index (χ4n) is 1.71. The van der Waals surface area contributed by atoms with Crippen molar-refractivity contribution in [2.45, 2.75) is 0 Å². The normalized spacial score (nSPS) is 10.4. The molecule has 0 radical (unpaired) electrons. The molecular weight excluding hydrogens is 272 g/mol. The van der Waals surface area contributed by atoms with Gasteiger partial charge in [0.2, 0.25) is 0 Å². The number of aromatic carboxylic acids is 1. The van der Waals surface area contributed by atoms with Crippen LogP contribution in [-0.2, 0) is 0 Å². The zero-order valence-electron chi connectivity index (χ0n) is 8.53. The molecule has 2 rings (SSSR count). The second-order valence-corrected chi connectivity index (χ2v) is 4.15. The molecule has 4 heteroatoms. The molecule has 1 N–H and O–H groups in total. The second kappa shape index (κ2) is 4.14. The third kappa shape index (κ3) is 1.65. The van der Waals surface area contributed by atoms with Gasteiger partial charge in [-0.25, -0.2) is 4.79 Å². The van der Waals surface area contributed by atoms with E-state index in [0.29, 0.717) is 15.6 Å². The number of methoxy groups -OCH3 is 1. The molecule has 0 bridgehead atoms. The Kier molecular flexibility index (Phi) is 2.83. The average molecular weight is 281 g/mol. The van der Waals surface area contributed by atoms with Gasteiger partial charge >= 0.3 is 5.97 Å². The molecule has 16 heavy (non-hydrogen) atoms. The largest absolute Gasteiger partial charge is 0.495 e. The van der Waals surface area contributed by atoms with E-state index in [1.807, 2.05) is 24.3 Å². The molecule has 2 aromatic carbocycles. The molecular formula is C12H9BrO3. The Bertz CT molecular complexity index is 563. The highest BCUT2D eigenvalue weighted by atomic mass is 79.9. The molecule has 0 fully saturated rings. The predicted molar refractivity (Wildman–Crippen MR) is 65.2 cm³/mol. The molecule has 3 nitrogen and oxygen atoms in total. The number of fused-ring (bicyclic) bond motifs is 1. The lowest BCUT2D eigenvalue weighted by Gasteiger charge is -2.10. The maximum absolute atomic E-state index is 11.2. The van der Waals surface area contributed by atoms with Gasteiger partial charge < -0.3 is 9.84 Å². The molecule has 0 amide bonds. The van der Waals surface area contributed by atoms with E-state index < -0.39 is 5.97 Å². The van der Waals surface area contributed by atoms with Gasteiger partial charge in [0.25, 0.3) is 0 Å². The van der Waals surface area contributed by atoms with Crippen molar-refractivity contribution in [1.82, 2.24) is 0 Å². The first-order valence-corrected chi connectivity index (χ1v) is 5.43. The quantitative estimate of drug-likeness (QED) is 0.918. The predicted octanol–water partition coefficient (Wildman–Crippen LogP) is 3.31. The van der Waals surface area contributed by atoms with Crippen LogP contribution in [0.15, 0.2) is 34.8 Å². The summed E-state index contributed by atoms with van der Waals surface area (Å²) in [5, 5.41) is 10.8. The van der Waals surface area contributed by atoms with Crippen LogP contribution >= 0.6 is 15.9 Å². The number of benzene rings is 2. The van der Waals surface area contributed by atoms with E-state index in [1.165, 1.54) is 7.11 Å². The highest BCUT2D eigenvalue weighted by Crippen LogP contribution is 2.35. The lowest BCUT2D eigenvalue weighted by Crippen LogP contribution is -2.02. The molecule has 0 unspecified atom stereocenters. The first-order valence-electron chi connectivity index (χ1n) is 4.63. The van der Waals surface area contributed by atoms with Crippen molar-refractivity contribution in [1.29, 1.82) is 0 Å². The Morgan fingerprint density at radius 2 is 2.06 bits per heavy atom. The van der Waals surface area contributed by atoms with E-state index in [9.17, 15) is 9.90 Å². The van der Waals surface area contributed by atoms with E-state index in [2.05, 4.69) is 15.9 Å². The maximum atomic E-state index is 11.2. The fourth-order valence-corrected chi connectivity index (χ4v) is 2.31. The standard InChI is InChI=1S/C12H9BrO3/c1-16-11-9(13)6-7-4-2-3-5-8(7)10(11)12(14)15/h2-6H,1H3,(H,14,15). The number of rotatable bonds is 2. The highest BCUT2D eigenvalue weighted by Gasteiger charge is 2.18. The summed E-state index contributed by atoms with van der Waals surface area (Å²) < 4.78 is 5.76. The Hall–Kier alpha value is -1.55. The zero-order valence-corrected chi connectivity index (χ0v) is 10.1. The topological polar surface area (TPSA) is 46.5 Å².